The van der Waals surface area contributed by atoms with E-state index in [2.05, 4.69) is 5.32 Å². The van der Waals surface area contributed by atoms with Gasteiger partial charge in [0.2, 0.25) is 0 Å². The van der Waals surface area contributed by atoms with E-state index in [0.29, 0.717) is 17.7 Å². The molecule has 0 radical (unpaired) electrons. The quantitative estimate of drug-likeness (QED) is 0.794. The Hall–Kier alpha value is -1.63. The summed E-state index contributed by atoms with van der Waals surface area (Å²) in [4.78, 5) is 13.3. The largest absolute Gasteiger partial charge is 0.444 e. The molecule has 0 aromatic heterocycles. The summed E-state index contributed by atoms with van der Waals surface area (Å²) in [6, 6.07) is 6.93. The molecule has 2 rings (SSSR count). The van der Waals surface area contributed by atoms with Crippen LogP contribution in [0.2, 0.25) is 0 Å². The molecule has 122 valence electrons. The summed E-state index contributed by atoms with van der Waals surface area (Å²) >= 11 is 0. The molecule has 1 aliphatic heterocycles. The van der Waals surface area contributed by atoms with Crippen molar-refractivity contribution in [3.05, 3.63) is 35.4 Å². The summed E-state index contributed by atoms with van der Waals surface area (Å²) in [5.74, 6) is 0. The first kappa shape index (κ1) is 16.7. The van der Waals surface area contributed by atoms with Crippen LogP contribution in [-0.4, -0.2) is 39.4 Å². The maximum absolute atomic E-state index is 11.7. The molecule has 0 saturated carbocycles. The molecule has 1 heterocycles. The SMILES string of the molecule is CC(CN1C(O)c2ccccc2C1O)NC(=O)OC(C)(C)C. The van der Waals surface area contributed by atoms with Gasteiger partial charge in [-0.2, -0.15) is 0 Å². The van der Waals surface area contributed by atoms with Crippen LogP contribution in [0.25, 0.3) is 0 Å². The first-order valence-electron chi connectivity index (χ1n) is 7.39. The van der Waals surface area contributed by atoms with Gasteiger partial charge in [0, 0.05) is 23.7 Å². The lowest BCUT2D eigenvalue weighted by Gasteiger charge is -2.28. The fraction of sp³-hybridized carbons (Fsp3) is 0.562. The second kappa shape index (κ2) is 6.24. The van der Waals surface area contributed by atoms with Crippen molar-refractivity contribution in [3.63, 3.8) is 0 Å². The van der Waals surface area contributed by atoms with E-state index < -0.39 is 24.2 Å². The summed E-state index contributed by atoms with van der Waals surface area (Å²) in [5.41, 5.74) is 0.825. The van der Waals surface area contributed by atoms with Gasteiger partial charge in [0.25, 0.3) is 0 Å². The molecule has 1 aliphatic rings. The highest BCUT2D eigenvalue weighted by Crippen LogP contribution is 2.38. The summed E-state index contributed by atoms with van der Waals surface area (Å²) in [7, 11) is 0. The van der Waals surface area contributed by atoms with E-state index in [9.17, 15) is 15.0 Å². The lowest BCUT2D eigenvalue weighted by Crippen LogP contribution is -2.44. The molecule has 3 N–H and O–H groups in total. The van der Waals surface area contributed by atoms with Crippen LogP contribution >= 0.6 is 0 Å². The molecule has 3 unspecified atom stereocenters. The Morgan fingerprint density at radius 1 is 1.27 bits per heavy atom. The van der Waals surface area contributed by atoms with Crippen LogP contribution in [-0.2, 0) is 4.74 Å². The highest BCUT2D eigenvalue weighted by atomic mass is 16.6. The summed E-state index contributed by atoms with van der Waals surface area (Å²) in [5, 5.41) is 23.3. The number of ether oxygens (including phenoxy) is 1. The van der Waals surface area contributed by atoms with Gasteiger partial charge in [-0.3, -0.25) is 0 Å². The van der Waals surface area contributed by atoms with Gasteiger partial charge in [-0.05, 0) is 27.7 Å². The minimum absolute atomic E-state index is 0.284. The first-order chi connectivity index (χ1) is 10.2. The summed E-state index contributed by atoms with van der Waals surface area (Å²) < 4.78 is 5.19. The Labute approximate surface area is 130 Å². The van der Waals surface area contributed by atoms with Gasteiger partial charge < -0.3 is 20.3 Å². The van der Waals surface area contributed by atoms with Crippen LogP contribution in [0, 0.1) is 0 Å². The number of aliphatic hydroxyl groups is 2. The van der Waals surface area contributed by atoms with Crippen molar-refractivity contribution in [2.75, 3.05) is 6.54 Å². The number of carbonyl (C=O) groups excluding carboxylic acids is 1. The number of hydrogen-bond acceptors (Lipinski definition) is 5. The van der Waals surface area contributed by atoms with E-state index in [-0.39, 0.29) is 6.04 Å². The molecule has 1 aromatic carbocycles. The number of hydrogen-bond donors (Lipinski definition) is 3. The average Bonchev–Trinajstić information content (AvgIpc) is 2.62. The molecule has 0 spiro atoms. The molecular formula is C16H24N2O4. The van der Waals surface area contributed by atoms with Crippen molar-refractivity contribution in [3.8, 4) is 0 Å². The number of nitrogens with zero attached hydrogens (tertiary/aromatic N) is 1. The maximum Gasteiger partial charge on any atom is 0.407 e. The van der Waals surface area contributed by atoms with E-state index >= 15 is 0 Å². The van der Waals surface area contributed by atoms with E-state index in [1.54, 1.807) is 39.8 Å². The Balaban J connectivity index is 1.96. The zero-order valence-corrected chi connectivity index (χ0v) is 13.4. The van der Waals surface area contributed by atoms with E-state index in [0.717, 1.165) is 0 Å². The molecule has 0 saturated heterocycles. The normalized spacial score (nSPS) is 23.0. The second-order valence-electron chi connectivity index (χ2n) is 6.62. The molecule has 0 fully saturated rings. The third kappa shape index (κ3) is 3.76. The molecule has 6 nitrogen and oxygen atoms in total. The number of aliphatic hydroxyl groups excluding tert-OH is 2. The Bertz CT molecular complexity index is 512. The lowest BCUT2D eigenvalue weighted by atomic mass is 10.1. The number of carbonyl (C=O) groups is 1. The third-order valence-electron chi connectivity index (χ3n) is 3.43. The lowest BCUT2D eigenvalue weighted by molar-refractivity contribution is -0.0877. The number of rotatable bonds is 3. The number of nitrogens with one attached hydrogen (secondary N) is 1. The van der Waals surface area contributed by atoms with Crippen molar-refractivity contribution in [2.24, 2.45) is 0 Å². The predicted octanol–water partition coefficient (Wildman–Crippen LogP) is 1.90. The van der Waals surface area contributed by atoms with Crippen LogP contribution in [0.1, 0.15) is 51.3 Å². The highest BCUT2D eigenvalue weighted by Gasteiger charge is 2.36. The summed E-state index contributed by atoms with van der Waals surface area (Å²) in [6.45, 7) is 7.48. The van der Waals surface area contributed by atoms with Crippen molar-refractivity contribution in [1.82, 2.24) is 10.2 Å². The fourth-order valence-corrected chi connectivity index (χ4v) is 2.54. The minimum atomic E-state index is -0.880. The second-order valence-corrected chi connectivity index (χ2v) is 6.62. The molecule has 22 heavy (non-hydrogen) atoms. The van der Waals surface area contributed by atoms with Gasteiger partial charge in [0.05, 0.1) is 0 Å². The first-order valence-corrected chi connectivity index (χ1v) is 7.39. The zero-order chi connectivity index (χ0) is 16.5. The smallest absolute Gasteiger partial charge is 0.407 e. The van der Waals surface area contributed by atoms with Gasteiger partial charge in [-0.25, -0.2) is 9.69 Å². The minimum Gasteiger partial charge on any atom is -0.444 e. The van der Waals surface area contributed by atoms with Crippen molar-refractivity contribution < 1.29 is 19.7 Å². The number of amides is 1. The topological polar surface area (TPSA) is 82.0 Å². The van der Waals surface area contributed by atoms with Crippen molar-refractivity contribution >= 4 is 6.09 Å². The Kier molecular flexibility index (Phi) is 4.75. The molecule has 0 bridgehead atoms. The van der Waals surface area contributed by atoms with Crippen LogP contribution < -0.4 is 5.32 Å². The van der Waals surface area contributed by atoms with Crippen LogP contribution in [0.3, 0.4) is 0 Å². The molecule has 0 aliphatic carbocycles. The molecular weight excluding hydrogens is 284 g/mol. The fourth-order valence-electron chi connectivity index (χ4n) is 2.54. The standard InChI is InChI=1S/C16H24N2O4/c1-10(17-15(21)22-16(2,3)4)9-18-13(19)11-7-5-6-8-12(11)14(18)20/h5-8,10,13-14,19-20H,9H2,1-4H3,(H,17,21). The number of fused-ring (bicyclic) bond motifs is 1. The van der Waals surface area contributed by atoms with Crippen LogP contribution in [0.4, 0.5) is 4.79 Å². The van der Waals surface area contributed by atoms with Crippen LogP contribution in [0.5, 0.6) is 0 Å². The van der Waals surface area contributed by atoms with E-state index in [1.807, 2.05) is 12.1 Å². The van der Waals surface area contributed by atoms with E-state index in [4.69, 9.17) is 4.74 Å². The van der Waals surface area contributed by atoms with Gasteiger partial charge >= 0.3 is 6.09 Å². The van der Waals surface area contributed by atoms with Crippen molar-refractivity contribution in [2.45, 2.75) is 51.8 Å². The van der Waals surface area contributed by atoms with Crippen LogP contribution in [0.15, 0.2) is 24.3 Å². The zero-order valence-electron chi connectivity index (χ0n) is 13.4. The van der Waals surface area contributed by atoms with Gasteiger partial charge in [-0.15, -0.1) is 0 Å². The van der Waals surface area contributed by atoms with E-state index in [1.165, 1.54) is 4.90 Å². The Morgan fingerprint density at radius 2 is 1.77 bits per heavy atom. The van der Waals surface area contributed by atoms with Crippen molar-refractivity contribution in [1.29, 1.82) is 0 Å². The molecule has 1 amide bonds. The third-order valence-corrected chi connectivity index (χ3v) is 3.43. The number of alkyl carbamates (subject to hydrolysis) is 1. The average molecular weight is 308 g/mol. The molecule has 3 atom stereocenters. The van der Waals surface area contributed by atoms with Gasteiger partial charge in [0.1, 0.15) is 18.1 Å². The predicted molar refractivity (Wildman–Crippen MR) is 81.9 cm³/mol. The molecule has 6 heteroatoms. The van der Waals surface area contributed by atoms with Gasteiger partial charge in [-0.1, -0.05) is 24.3 Å². The van der Waals surface area contributed by atoms with Gasteiger partial charge in [0.15, 0.2) is 0 Å². The number of benzene rings is 1. The highest BCUT2D eigenvalue weighted by molar-refractivity contribution is 5.68. The molecule has 1 aromatic rings. The maximum atomic E-state index is 11.7. The Morgan fingerprint density at radius 3 is 2.23 bits per heavy atom. The summed E-state index contributed by atoms with van der Waals surface area (Å²) in [6.07, 6.45) is -2.27. The monoisotopic (exact) mass is 308 g/mol.